The van der Waals surface area contributed by atoms with Gasteiger partial charge in [0.25, 0.3) is 0 Å². The maximum absolute atomic E-state index is 13.1. The molecule has 2 atom stereocenters. The van der Waals surface area contributed by atoms with Crippen LogP contribution in [0.15, 0.2) is 53.0 Å². The summed E-state index contributed by atoms with van der Waals surface area (Å²) in [5, 5.41) is 13.6. The molecule has 1 aromatic carbocycles. The molecule has 1 aliphatic carbocycles. The van der Waals surface area contributed by atoms with Crippen LogP contribution in [-0.4, -0.2) is 35.4 Å². The Morgan fingerprint density at radius 3 is 3.04 bits per heavy atom. The molecule has 1 amide bonds. The van der Waals surface area contributed by atoms with Gasteiger partial charge in [-0.2, -0.15) is 0 Å². The number of alkyl halides is 1. The Morgan fingerprint density at radius 2 is 2.15 bits per heavy atom. The predicted octanol–water partition coefficient (Wildman–Crippen LogP) is 0.873. The average Bonchev–Trinajstić information content (AvgIpc) is 3.27. The molecular formula is C20H18ClN2O4+. The molecule has 0 spiro atoms. The zero-order valence-electron chi connectivity index (χ0n) is 14.4. The van der Waals surface area contributed by atoms with E-state index in [9.17, 15) is 9.90 Å². The van der Waals surface area contributed by atoms with Crippen LogP contribution >= 0.6 is 11.6 Å². The Labute approximate surface area is 160 Å². The van der Waals surface area contributed by atoms with Crippen molar-refractivity contribution < 1.29 is 24.4 Å². The van der Waals surface area contributed by atoms with Crippen LogP contribution in [0.4, 0.5) is 0 Å². The SMILES string of the molecule is O=C1NCCC2=C3C(=CC=C(O)C3C1(Cl)Cc1ccc3c(c1)OCO3)[NH+]=C2. The monoisotopic (exact) mass is 385 g/mol. The molecule has 0 radical (unpaired) electrons. The van der Waals surface area contributed by atoms with Crippen molar-refractivity contribution in [2.24, 2.45) is 5.92 Å². The number of carbonyl (C=O) groups is 1. The van der Waals surface area contributed by atoms with Gasteiger partial charge in [-0.25, -0.2) is 4.99 Å². The minimum atomic E-state index is -1.37. The Morgan fingerprint density at radius 1 is 1.30 bits per heavy atom. The summed E-state index contributed by atoms with van der Waals surface area (Å²) in [4.78, 5) is 14.9. The van der Waals surface area contributed by atoms with E-state index in [1.165, 1.54) is 0 Å². The maximum atomic E-state index is 13.1. The van der Waals surface area contributed by atoms with Gasteiger partial charge in [0.2, 0.25) is 18.4 Å². The number of benzene rings is 1. The summed E-state index contributed by atoms with van der Waals surface area (Å²) in [5.74, 6) is 0.488. The third kappa shape index (κ3) is 2.47. The van der Waals surface area contributed by atoms with Gasteiger partial charge in [-0.1, -0.05) is 6.07 Å². The van der Waals surface area contributed by atoms with E-state index < -0.39 is 10.8 Å². The molecule has 7 heteroatoms. The lowest BCUT2D eigenvalue weighted by Crippen LogP contribution is -2.65. The van der Waals surface area contributed by atoms with Crippen molar-refractivity contribution in [1.82, 2.24) is 5.32 Å². The normalized spacial score (nSPS) is 28.2. The number of carbonyl (C=O) groups excluding carboxylic acids is 1. The number of allylic oxidation sites excluding steroid dienone is 4. The van der Waals surface area contributed by atoms with E-state index in [1.807, 2.05) is 30.5 Å². The van der Waals surface area contributed by atoms with Crippen LogP contribution in [0, 0.1) is 5.92 Å². The Kier molecular flexibility index (Phi) is 3.59. The van der Waals surface area contributed by atoms with Crippen LogP contribution in [0.5, 0.6) is 11.5 Å². The average molecular weight is 386 g/mol. The highest BCUT2D eigenvalue weighted by molar-refractivity contribution is 6.36. The molecule has 1 aromatic rings. The molecule has 27 heavy (non-hydrogen) atoms. The quantitative estimate of drug-likeness (QED) is 0.660. The van der Waals surface area contributed by atoms with Crippen molar-refractivity contribution in [3.63, 3.8) is 0 Å². The number of hydrogen-bond donors (Lipinski definition) is 3. The number of ether oxygens (including phenoxy) is 2. The highest BCUT2D eigenvalue weighted by Gasteiger charge is 2.53. The summed E-state index contributed by atoms with van der Waals surface area (Å²) in [7, 11) is 0. The van der Waals surface area contributed by atoms with E-state index in [4.69, 9.17) is 21.1 Å². The molecule has 5 rings (SSSR count). The van der Waals surface area contributed by atoms with Crippen molar-refractivity contribution >= 4 is 23.7 Å². The van der Waals surface area contributed by atoms with Crippen LogP contribution in [0.2, 0.25) is 0 Å². The second-order valence-corrected chi connectivity index (χ2v) is 7.74. The number of rotatable bonds is 2. The number of aliphatic hydroxyl groups excluding tert-OH is 1. The lowest BCUT2D eigenvalue weighted by Gasteiger charge is -2.37. The Balaban J connectivity index is 1.60. The highest BCUT2D eigenvalue weighted by Crippen LogP contribution is 2.45. The summed E-state index contributed by atoms with van der Waals surface area (Å²) in [5.41, 5.74) is 3.69. The molecule has 3 aliphatic heterocycles. The minimum absolute atomic E-state index is 0.0937. The van der Waals surface area contributed by atoms with Gasteiger partial charge < -0.3 is 19.9 Å². The van der Waals surface area contributed by atoms with E-state index in [1.54, 1.807) is 6.08 Å². The fourth-order valence-corrected chi connectivity index (χ4v) is 4.62. The van der Waals surface area contributed by atoms with Crippen LogP contribution in [0.1, 0.15) is 12.0 Å². The van der Waals surface area contributed by atoms with Crippen molar-refractivity contribution in [2.75, 3.05) is 13.3 Å². The maximum Gasteiger partial charge on any atom is 0.242 e. The third-order valence-electron chi connectivity index (χ3n) is 5.46. The van der Waals surface area contributed by atoms with Gasteiger partial charge in [0.15, 0.2) is 17.7 Å². The van der Waals surface area contributed by atoms with Gasteiger partial charge in [-0.15, -0.1) is 11.6 Å². The molecule has 138 valence electrons. The first kappa shape index (κ1) is 16.4. The summed E-state index contributed by atoms with van der Waals surface area (Å²) in [6.07, 6.45) is 6.28. The first-order valence-electron chi connectivity index (χ1n) is 8.86. The van der Waals surface area contributed by atoms with E-state index in [0.717, 1.165) is 22.4 Å². The smallest absolute Gasteiger partial charge is 0.242 e. The van der Waals surface area contributed by atoms with Gasteiger partial charge in [-0.05, 0) is 30.2 Å². The molecule has 6 nitrogen and oxygen atoms in total. The molecule has 2 unspecified atom stereocenters. The summed E-state index contributed by atoms with van der Waals surface area (Å²) >= 11 is 7.03. The lowest BCUT2D eigenvalue weighted by molar-refractivity contribution is -0.383. The molecule has 3 N–H and O–H groups in total. The number of amides is 1. The number of fused-ring (bicyclic) bond motifs is 1. The Hall–Kier alpha value is -2.73. The van der Waals surface area contributed by atoms with Crippen LogP contribution in [-0.2, 0) is 11.2 Å². The van der Waals surface area contributed by atoms with Crippen molar-refractivity contribution in [3.8, 4) is 11.5 Å². The predicted molar refractivity (Wildman–Crippen MR) is 98.8 cm³/mol. The first-order chi connectivity index (χ1) is 13.1. The van der Waals surface area contributed by atoms with Gasteiger partial charge in [0.1, 0.15) is 10.6 Å². The van der Waals surface area contributed by atoms with E-state index in [-0.39, 0.29) is 24.9 Å². The number of nitrogens with one attached hydrogen (secondary N) is 2. The molecule has 3 heterocycles. The third-order valence-corrected chi connectivity index (χ3v) is 5.98. The van der Waals surface area contributed by atoms with Crippen molar-refractivity contribution in [3.05, 3.63) is 58.5 Å². The molecular weight excluding hydrogens is 368 g/mol. The van der Waals surface area contributed by atoms with E-state index >= 15 is 0 Å². The Bertz CT molecular complexity index is 978. The van der Waals surface area contributed by atoms with Gasteiger partial charge in [-0.3, -0.25) is 4.79 Å². The minimum Gasteiger partial charge on any atom is -0.512 e. The summed E-state index contributed by atoms with van der Waals surface area (Å²) < 4.78 is 10.8. The van der Waals surface area contributed by atoms with Crippen LogP contribution in [0.25, 0.3) is 0 Å². The van der Waals surface area contributed by atoms with Crippen LogP contribution < -0.4 is 19.8 Å². The topological polar surface area (TPSA) is 81.8 Å². The fourth-order valence-electron chi connectivity index (χ4n) is 4.17. The van der Waals surface area contributed by atoms with Crippen LogP contribution in [0.3, 0.4) is 0 Å². The molecule has 0 saturated heterocycles. The molecule has 0 fully saturated rings. The standard InChI is InChI=1S/C20H17ClN2O4/c21-20(8-11-1-4-15-16(7-11)27-10-26-15)18-14(24)3-2-13-17(18)12(9-23-13)5-6-22-19(20)25/h1-4,7,9,18,24H,5-6,8,10H2,(H,22,25)/p+1. The van der Waals surface area contributed by atoms with Gasteiger partial charge in [0, 0.05) is 30.2 Å². The zero-order chi connectivity index (χ0) is 18.6. The first-order valence-corrected chi connectivity index (χ1v) is 9.24. The summed E-state index contributed by atoms with van der Waals surface area (Å²) in [6.45, 7) is 0.680. The molecule has 0 saturated carbocycles. The van der Waals surface area contributed by atoms with Gasteiger partial charge in [0.05, 0.1) is 5.92 Å². The largest absolute Gasteiger partial charge is 0.512 e. The molecule has 0 bridgehead atoms. The second kappa shape index (κ2) is 5.89. The highest BCUT2D eigenvalue weighted by atomic mass is 35.5. The zero-order valence-corrected chi connectivity index (χ0v) is 15.2. The van der Waals surface area contributed by atoms with Crippen molar-refractivity contribution in [1.29, 1.82) is 0 Å². The summed E-state index contributed by atoms with van der Waals surface area (Å²) in [6, 6.07) is 5.53. The fraction of sp³-hybridized carbons (Fsp3) is 0.300. The van der Waals surface area contributed by atoms with Crippen molar-refractivity contribution in [2.45, 2.75) is 17.7 Å². The molecule has 0 aromatic heterocycles. The lowest BCUT2D eigenvalue weighted by atomic mass is 9.74. The van der Waals surface area contributed by atoms with E-state index in [0.29, 0.717) is 24.5 Å². The van der Waals surface area contributed by atoms with E-state index in [2.05, 4.69) is 10.3 Å². The second-order valence-electron chi connectivity index (χ2n) is 7.07. The number of halogens is 1. The van der Waals surface area contributed by atoms with Gasteiger partial charge >= 0.3 is 0 Å². The number of aliphatic hydroxyl groups is 1. The number of hydrogen-bond acceptors (Lipinski definition) is 4. The molecule has 4 aliphatic rings.